The van der Waals surface area contributed by atoms with Gasteiger partial charge < -0.3 is 24.4 Å². The molecule has 0 amide bonds. The van der Waals surface area contributed by atoms with Crippen molar-refractivity contribution >= 4 is 11.5 Å². The fourth-order valence-electron chi connectivity index (χ4n) is 2.23. The maximum Gasteiger partial charge on any atom is 0.339 e. The maximum atomic E-state index is 11.4. The highest BCUT2D eigenvalue weighted by Crippen LogP contribution is 2.24. The van der Waals surface area contributed by atoms with Gasteiger partial charge in [-0.05, 0) is 23.3 Å². The topological polar surface area (TPSA) is 85.2 Å². The number of rotatable bonds is 9. The van der Waals surface area contributed by atoms with Gasteiger partial charge in [-0.2, -0.15) is 0 Å². The molecule has 0 saturated heterocycles. The summed E-state index contributed by atoms with van der Waals surface area (Å²) in [7, 11) is 1.40. The highest BCUT2D eigenvalue weighted by atomic mass is 16.5. The number of benzene rings is 2. The van der Waals surface area contributed by atoms with Crippen molar-refractivity contribution in [2.45, 2.75) is 6.61 Å². The van der Waals surface area contributed by atoms with Crippen molar-refractivity contribution in [2.24, 2.45) is 0 Å². The molecule has 0 radical (unpaired) electrons. The fourth-order valence-corrected chi connectivity index (χ4v) is 2.23. The Kier molecular flexibility index (Phi) is 6.86. The van der Waals surface area contributed by atoms with E-state index < -0.39 is 5.97 Å². The molecule has 0 bridgehead atoms. The second-order valence-corrected chi connectivity index (χ2v) is 5.07. The monoisotopic (exact) mass is 344 g/mol. The van der Waals surface area contributed by atoms with Crippen molar-refractivity contribution in [1.29, 1.82) is 0 Å². The van der Waals surface area contributed by atoms with Crippen molar-refractivity contribution < 1.29 is 29.2 Å². The van der Waals surface area contributed by atoms with Gasteiger partial charge in [0.25, 0.3) is 0 Å². The lowest BCUT2D eigenvalue weighted by molar-refractivity contribution is -0.130. The molecule has 0 aliphatic heterocycles. The van der Waals surface area contributed by atoms with Crippen LogP contribution in [0.25, 0.3) is 5.57 Å². The summed E-state index contributed by atoms with van der Waals surface area (Å²) in [6.45, 7) is 0.326. The third-order valence-corrected chi connectivity index (χ3v) is 3.33. The van der Waals surface area contributed by atoms with Crippen LogP contribution in [-0.2, 0) is 16.1 Å². The number of hydrogen-bond acceptors (Lipinski definition) is 5. The van der Waals surface area contributed by atoms with E-state index in [1.54, 1.807) is 42.5 Å². The number of aliphatic carboxylic acids is 1. The second-order valence-electron chi connectivity index (χ2n) is 5.07. The van der Waals surface area contributed by atoms with Crippen LogP contribution < -0.4 is 9.47 Å². The summed E-state index contributed by atoms with van der Waals surface area (Å²) in [5.41, 5.74) is 1.31. The lowest BCUT2D eigenvalue weighted by Gasteiger charge is -2.12. The average Bonchev–Trinajstić information content (AvgIpc) is 2.63. The zero-order chi connectivity index (χ0) is 18.1. The maximum absolute atomic E-state index is 11.4. The van der Waals surface area contributed by atoms with Crippen LogP contribution in [0.2, 0.25) is 0 Å². The van der Waals surface area contributed by atoms with Gasteiger partial charge in [0.1, 0.15) is 30.3 Å². The third kappa shape index (κ3) is 5.26. The molecule has 0 heterocycles. The first kappa shape index (κ1) is 18.4. The Bertz CT molecular complexity index is 738. The van der Waals surface area contributed by atoms with Gasteiger partial charge in [-0.3, -0.25) is 0 Å². The first-order valence-electron chi connectivity index (χ1n) is 7.66. The minimum atomic E-state index is -1.08. The molecule has 6 heteroatoms. The number of carboxylic acid groups (broad SMARTS) is 1. The van der Waals surface area contributed by atoms with E-state index in [-0.39, 0.29) is 25.4 Å². The Labute approximate surface area is 145 Å². The van der Waals surface area contributed by atoms with Crippen molar-refractivity contribution in [1.82, 2.24) is 0 Å². The summed E-state index contributed by atoms with van der Waals surface area (Å²) in [5, 5.41) is 18.2. The fraction of sp³-hybridized carbons (Fsp3) is 0.211. The van der Waals surface area contributed by atoms with Crippen LogP contribution in [0.3, 0.4) is 0 Å². The molecule has 2 rings (SSSR count). The van der Waals surface area contributed by atoms with Gasteiger partial charge in [0.15, 0.2) is 0 Å². The summed E-state index contributed by atoms with van der Waals surface area (Å²) in [6.07, 6.45) is 1.20. The highest BCUT2D eigenvalue weighted by molar-refractivity contribution is 6.15. The Morgan fingerprint density at radius 2 is 1.80 bits per heavy atom. The molecule has 0 aromatic heterocycles. The van der Waals surface area contributed by atoms with E-state index in [1.165, 1.54) is 13.4 Å². The minimum absolute atomic E-state index is 0.0572. The van der Waals surface area contributed by atoms with Crippen LogP contribution in [0.15, 0.2) is 54.8 Å². The summed E-state index contributed by atoms with van der Waals surface area (Å²) in [5.74, 6) is 0.0943. The number of ether oxygens (including phenoxy) is 3. The van der Waals surface area contributed by atoms with E-state index in [0.29, 0.717) is 17.1 Å². The SMILES string of the molecule is COC=C(C(=O)O)c1ccccc1COc1cccc(OCCO)c1. The number of carbonyl (C=O) groups is 1. The molecule has 2 N–H and O–H groups in total. The van der Waals surface area contributed by atoms with Crippen LogP contribution in [0.5, 0.6) is 11.5 Å². The lowest BCUT2D eigenvalue weighted by atomic mass is 10.0. The highest BCUT2D eigenvalue weighted by Gasteiger charge is 2.15. The van der Waals surface area contributed by atoms with E-state index in [0.717, 1.165) is 5.56 Å². The quantitative estimate of drug-likeness (QED) is 0.537. The van der Waals surface area contributed by atoms with Crippen LogP contribution in [0.1, 0.15) is 11.1 Å². The van der Waals surface area contributed by atoms with Gasteiger partial charge in [0, 0.05) is 6.07 Å². The Morgan fingerprint density at radius 1 is 1.08 bits per heavy atom. The zero-order valence-corrected chi connectivity index (χ0v) is 13.8. The molecule has 0 atom stereocenters. The van der Waals surface area contributed by atoms with Gasteiger partial charge in [0.2, 0.25) is 0 Å². The smallest absolute Gasteiger partial charge is 0.339 e. The molecule has 0 fully saturated rings. The summed E-state index contributed by atoms with van der Waals surface area (Å²) < 4.78 is 16.0. The van der Waals surface area contributed by atoms with E-state index in [4.69, 9.17) is 19.3 Å². The normalized spacial score (nSPS) is 11.0. The second kappa shape index (κ2) is 9.34. The standard InChI is InChI=1S/C19H20O6/c1-23-13-18(19(21)22)17-8-3-2-5-14(17)12-25-16-7-4-6-15(11-16)24-10-9-20/h2-8,11,13,20H,9-10,12H2,1H3,(H,21,22). The van der Waals surface area contributed by atoms with E-state index >= 15 is 0 Å². The molecule has 0 unspecified atom stereocenters. The Morgan fingerprint density at radius 3 is 2.48 bits per heavy atom. The van der Waals surface area contributed by atoms with Crippen LogP contribution in [0.4, 0.5) is 0 Å². The minimum Gasteiger partial charge on any atom is -0.503 e. The van der Waals surface area contributed by atoms with Gasteiger partial charge in [-0.15, -0.1) is 0 Å². The zero-order valence-electron chi connectivity index (χ0n) is 13.8. The number of carboxylic acids is 1. The van der Waals surface area contributed by atoms with Gasteiger partial charge in [0.05, 0.1) is 20.0 Å². The van der Waals surface area contributed by atoms with Gasteiger partial charge in [-0.25, -0.2) is 4.79 Å². The molecule has 132 valence electrons. The largest absolute Gasteiger partial charge is 0.503 e. The number of hydrogen-bond donors (Lipinski definition) is 2. The molecule has 0 aliphatic carbocycles. The predicted octanol–water partition coefficient (Wildman–Crippen LogP) is 2.71. The number of aliphatic hydroxyl groups excluding tert-OH is 1. The van der Waals surface area contributed by atoms with Gasteiger partial charge in [-0.1, -0.05) is 30.3 Å². The molecule has 2 aromatic carbocycles. The molecule has 6 nitrogen and oxygen atoms in total. The number of aliphatic hydroxyl groups is 1. The van der Waals surface area contributed by atoms with E-state index in [2.05, 4.69) is 0 Å². The number of methoxy groups -OCH3 is 1. The van der Waals surface area contributed by atoms with Crippen LogP contribution in [0, 0.1) is 0 Å². The first-order valence-corrected chi connectivity index (χ1v) is 7.66. The van der Waals surface area contributed by atoms with Crippen molar-refractivity contribution in [2.75, 3.05) is 20.3 Å². The average molecular weight is 344 g/mol. The molecule has 2 aromatic rings. The van der Waals surface area contributed by atoms with Crippen LogP contribution in [-0.4, -0.2) is 36.5 Å². The Hall–Kier alpha value is -2.99. The first-order chi connectivity index (χ1) is 12.2. The van der Waals surface area contributed by atoms with Crippen molar-refractivity contribution in [3.63, 3.8) is 0 Å². The van der Waals surface area contributed by atoms with Gasteiger partial charge >= 0.3 is 5.97 Å². The molecular formula is C19H20O6. The predicted molar refractivity (Wildman–Crippen MR) is 92.4 cm³/mol. The molecular weight excluding hydrogens is 324 g/mol. The summed E-state index contributed by atoms with van der Waals surface area (Å²) in [6, 6.07) is 14.1. The van der Waals surface area contributed by atoms with E-state index in [1.807, 2.05) is 6.07 Å². The lowest BCUT2D eigenvalue weighted by Crippen LogP contribution is -2.06. The van der Waals surface area contributed by atoms with Crippen molar-refractivity contribution in [3.05, 3.63) is 65.9 Å². The molecule has 0 saturated carbocycles. The van der Waals surface area contributed by atoms with E-state index in [9.17, 15) is 9.90 Å². The molecule has 25 heavy (non-hydrogen) atoms. The molecule has 0 aliphatic rings. The summed E-state index contributed by atoms with van der Waals surface area (Å²) in [4.78, 5) is 11.4. The molecule has 0 spiro atoms. The van der Waals surface area contributed by atoms with Crippen molar-refractivity contribution in [3.8, 4) is 11.5 Å². The third-order valence-electron chi connectivity index (χ3n) is 3.33. The van der Waals surface area contributed by atoms with Crippen LogP contribution >= 0.6 is 0 Å². The summed E-state index contributed by atoms with van der Waals surface area (Å²) >= 11 is 0. The Balaban J connectivity index is 2.16.